The van der Waals surface area contributed by atoms with Gasteiger partial charge in [0.05, 0.1) is 23.5 Å². The van der Waals surface area contributed by atoms with Crippen molar-refractivity contribution in [3.63, 3.8) is 0 Å². The molecule has 0 aliphatic carbocycles. The van der Waals surface area contributed by atoms with E-state index >= 15 is 0 Å². The van der Waals surface area contributed by atoms with Crippen molar-refractivity contribution in [3.05, 3.63) is 47.3 Å². The predicted octanol–water partition coefficient (Wildman–Crippen LogP) is 3.62. The average molecular weight is 401 g/mol. The minimum atomic E-state index is -0.624. The Kier molecular flexibility index (Phi) is 6.87. The molecule has 3 aromatic rings. The number of benzene rings is 1. The number of rotatable bonds is 9. The van der Waals surface area contributed by atoms with Crippen molar-refractivity contribution < 1.29 is 9.84 Å². The van der Waals surface area contributed by atoms with E-state index in [2.05, 4.69) is 27.8 Å². The van der Waals surface area contributed by atoms with Crippen molar-refractivity contribution in [2.24, 2.45) is 0 Å². The summed E-state index contributed by atoms with van der Waals surface area (Å²) >= 11 is 3.10. The summed E-state index contributed by atoms with van der Waals surface area (Å²) < 4.78 is 7.68. The fourth-order valence-corrected chi connectivity index (χ4v) is 4.10. The molecule has 0 aliphatic heterocycles. The molecule has 1 atom stereocenters. The monoisotopic (exact) mass is 400 g/mol. The first-order chi connectivity index (χ1) is 13.2. The van der Waals surface area contributed by atoms with Gasteiger partial charge in [0.15, 0.2) is 11.0 Å². The Balaban J connectivity index is 1.52. The topological polar surface area (TPSA) is 84.0 Å². The first-order valence-corrected chi connectivity index (χ1v) is 10.4. The van der Waals surface area contributed by atoms with Crippen LogP contribution in [0.15, 0.2) is 46.9 Å². The number of aliphatic hydroxyl groups is 1. The number of nitrogens with zero attached hydrogens (tertiary/aromatic N) is 4. The van der Waals surface area contributed by atoms with Gasteiger partial charge < -0.3 is 14.4 Å². The Bertz CT molecular complexity index is 886. The van der Waals surface area contributed by atoms with Gasteiger partial charge in [-0.1, -0.05) is 30.0 Å². The summed E-state index contributed by atoms with van der Waals surface area (Å²) in [5.74, 6) is 2.00. The third-order valence-corrected chi connectivity index (χ3v) is 5.81. The lowest BCUT2D eigenvalue weighted by molar-refractivity contribution is 0.126. The number of hydrogen-bond donors (Lipinski definition) is 1. The molecule has 0 amide bonds. The third kappa shape index (κ3) is 5.10. The predicted molar refractivity (Wildman–Crippen MR) is 107 cm³/mol. The molecule has 0 saturated heterocycles. The summed E-state index contributed by atoms with van der Waals surface area (Å²) in [7, 11) is 0. The van der Waals surface area contributed by atoms with E-state index in [4.69, 9.17) is 10.00 Å². The summed E-state index contributed by atoms with van der Waals surface area (Å²) in [4.78, 5) is 1.08. The molecule has 1 aromatic carbocycles. The van der Waals surface area contributed by atoms with E-state index in [1.54, 1.807) is 11.3 Å². The molecule has 0 fully saturated rings. The van der Waals surface area contributed by atoms with Crippen LogP contribution in [-0.4, -0.2) is 38.3 Å². The van der Waals surface area contributed by atoms with E-state index in [0.29, 0.717) is 17.9 Å². The molecule has 8 heteroatoms. The van der Waals surface area contributed by atoms with Crippen LogP contribution in [0.2, 0.25) is 0 Å². The lowest BCUT2D eigenvalue weighted by Gasteiger charge is -2.12. The maximum atomic E-state index is 10.2. The SMILES string of the molecule is CCn1c(SC[C@H](O)COc2ccc(CC#N)cc2)nnc1-c1cccs1. The number of aromatic nitrogens is 3. The normalized spacial score (nSPS) is 11.9. The van der Waals surface area contributed by atoms with Crippen LogP contribution in [0.5, 0.6) is 5.75 Å². The zero-order chi connectivity index (χ0) is 19.1. The molecule has 1 N–H and O–H groups in total. The molecule has 0 radical (unpaired) electrons. The highest BCUT2D eigenvalue weighted by Gasteiger charge is 2.15. The van der Waals surface area contributed by atoms with Crippen molar-refractivity contribution in [3.8, 4) is 22.5 Å². The van der Waals surface area contributed by atoms with Crippen LogP contribution in [0.1, 0.15) is 12.5 Å². The molecule has 27 heavy (non-hydrogen) atoms. The van der Waals surface area contributed by atoms with Crippen molar-refractivity contribution >= 4 is 23.1 Å². The molecular weight excluding hydrogens is 380 g/mol. The van der Waals surface area contributed by atoms with E-state index in [1.807, 2.05) is 41.8 Å². The summed E-state index contributed by atoms with van der Waals surface area (Å²) in [5, 5.41) is 30.3. The number of hydrogen-bond acceptors (Lipinski definition) is 7. The molecule has 2 heterocycles. The van der Waals surface area contributed by atoms with Gasteiger partial charge in [0.25, 0.3) is 0 Å². The van der Waals surface area contributed by atoms with Gasteiger partial charge >= 0.3 is 0 Å². The van der Waals surface area contributed by atoms with Crippen molar-refractivity contribution in [1.82, 2.24) is 14.8 Å². The van der Waals surface area contributed by atoms with Crippen LogP contribution in [0.3, 0.4) is 0 Å². The molecule has 0 bridgehead atoms. The fraction of sp³-hybridized carbons (Fsp3) is 0.316. The van der Waals surface area contributed by atoms with Crippen LogP contribution in [0, 0.1) is 11.3 Å². The van der Waals surface area contributed by atoms with Gasteiger partial charge in [-0.2, -0.15) is 5.26 Å². The van der Waals surface area contributed by atoms with E-state index in [1.165, 1.54) is 11.8 Å². The largest absolute Gasteiger partial charge is 0.491 e. The molecule has 0 saturated carbocycles. The summed E-state index contributed by atoms with van der Waals surface area (Å²) in [5.41, 5.74) is 0.946. The Labute approximate surface area is 166 Å². The molecule has 6 nitrogen and oxygen atoms in total. The van der Waals surface area contributed by atoms with Gasteiger partial charge in [0, 0.05) is 12.3 Å². The summed E-state index contributed by atoms with van der Waals surface area (Å²) in [6.45, 7) is 3.02. The van der Waals surface area contributed by atoms with Gasteiger partial charge in [-0.15, -0.1) is 21.5 Å². The van der Waals surface area contributed by atoms with Gasteiger partial charge in [-0.05, 0) is 36.1 Å². The highest BCUT2D eigenvalue weighted by Crippen LogP contribution is 2.27. The van der Waals surface area contributed by atoms with E-state index in [9.17, 15) is 5.11 Å². The third-order valence-electron chi connectivity index (χ3n) is 3.83. The Morgan fingerprint density at radius 3 is 2.78 bits per heavy atom. The standard InChI is InChI=1S/C19H20N4O2S2/c1-2-23-18(17-4-3-11-26-17)21-22-19(23)27-13-15(24)12-25-16-7-5-14(6-8-16)9-10-20/h3-8,11,15,24H,2,9,12-13H2,1H3/t15-/m1/s1. The lowest BCUT2D eigenvalue weighted by atomic mass is 10.2. The number of ether oxygens (including phenoxy) is 1. The quantitative estimate of drug-likeness (QED) is 0.552. The smallest absolute Gasteiger partial charge is 0.191 e. The second kappa shape index (κ2) is 9.55. The van der Waals surface area contributed by atoms with Crippen LogP contribution < -0.4 is 4.74 Å². The molecule has 2 aromatic heterocycles. The highest BCUT2D eigenvalue weighted by atomic mass is 32.2. The van der Waals surface area contributed by atoms with Crippen LogP contribution >= 0.6 is 23.1 Å². The van der Waals surface area contributed by atoms with Gasteiger partial charge in [0.1, 0.15) is 12.4 Å². The van der Waals surface area contributed by atoms with Crippen LogP contribution in [0.4, 0.5) is 0 Å². The Morgan fingerprint density at radius 1 is 1.30 bits per heavy atom. The molecule has 3 rings (SSSR count). The average Bonchev–Trinajstić information content (AvgIpc) is 3.35. The number of nitriles is 1. The van der Waals surface area contributed by atoms with Crippen molar-refractivity contribution in [1.29, 1.82) is 5.26 Å². The van der Waals surface area contributed by atoms with Gasteiger partial charge in [-0.3, -0.25) is 0 Å². The second-order valence-electron chi connectivity index (χ2n) is 5.78. The minimum absolute atomic E-state index is 0.197. The van der Waals surface area contributed by atoms with E-state index in [0.717, 1.165) is 28.0 Å². The Hall–Kier alpha value is -2.34. The maximum Gasteiger partial charge on any atom is 0.191 e. The second-order valence-corrected chi connectivity index (χ2v) is 7.72. The van der Waals surface area contributed by atoms with Gasteiger partial charge in [-0.25, -0.2) is 0 Å². The summed E-state index contributed by atoms with van der Waals surface area (Å²) in [6, 6.07) is 13.5. The molecule has 0 unspecified atom stereocenters. The van der Waals surface area contributed by atoms with E-state index < -0.39 is 6.10 Å². The minimum Gasteiger partial charge on any atom is -0.491 e. The lowest BCUT2D eigenvalue weighted by Crippen LogP contribution is -2.20. The number of thiophene rings is 1. The first kappa shape index (κ1) is 19.4. The molecule has 0 aliphatic rings. The summed E-state index contributed by atoms with van der Waals surface area (Å²) in [6.07, 6.45) is -0.244. The zero-order valence-electron chi connectivity index (χ0n) is 14.9. The maximum absolute atomic E-state index is 10.2. The number of aliphatic hydroxyl groups excluding tert-OH is 1. The zero-order valence-corrected chi connectivity index (χ0v) is 16.5. The number of thioether (sulfide) groups is 1. The first-order valence-electron chi connectivity index (χ1n) is 8.58. The van der Waals surface area contributed by atoms with Crippen molar-refractivity contribution in [2.75, 3.05) is 12.4 Å². The van der Waals surface area contributed by atoms with Crippen molar-refractivity contribution in [2.45, 2.75) is 31.1 Å². The fourth-order valence-electron chi connectivity index (χ4n) is 2.47. The van der Waals surface area contributed by atoms with Crippen LogP contribution in [0.25, 0.3) is 10.7 Å². The molecular formula is C19H20N4O2S2. The Morgan fingerprint density at radius 2 is 2.11 bits per heavy atom. The van der Waals surface area contributed by atoms with Gasteiger partial charge in [0.2, 0.25) is 0 Å². The van der Waals surface area contributed by atoms with Crippen LogP contribution in [-0.2, 0) is 13.0 Å². The van der Waals surface area contributed by atoms with E-state index in [-0.39, 0.29) is 6.61 Å². The highest BCUT2D eigenvalue weighted by molar-refractivity contribution is 7.99. The molecule has 0 spiro atoms. The molecule has 140 valence electrons.